The molecule has 2 aromatic carbocycles. The lowest BCUT2D eigenvalue weighted by molar-refractivity contribution is -0.384. The van der Waals surface area contributed by atoms with Gasteiger partial charge in [-0.1, -0.05) is 18.2 Å². The molecule has 0 aliphatic carbocycles. The topological polar surface area (TPSA) is 101 Å². The zero-order valence-corrected chi connectivity index (χ0v) is 14.8. The van der Waals surface area contributed by atoms with Gasteiger partial charge in [-0.15, -0.1) is 0 Å². The standard InChI is InChI=1S/C17H17N3O5S/c1-13-17(21)18(14-7-9-15(10-8-14)20(22)23)11-12-19(13)26(24,25)16-5-3-2-4-6-16/h2-10,13H,11-12H2,1H3/t13-/m1/s1. The second-order valence-corrected chi connectivity index (χ2v) is 7.76. The van der Waals surface area contributed by atoms with E-state index in [2.05, 4.69) is 0 Å². The number of benzene rings is 2. The fraction of sp³-hybridized carbons (Fsp3) is 0.235. The summed E-state index contributed by atoms with van der Waals surface area (Å²) in [6, 6.07) is 12.7. The molecule has 1 aliphatic heterocycles. The Morgan fingerprint density at radius 3 is 2.23 bits per heavy atom. The highest BCUT2D eigenvalue weighted by Crippen LogP contribution is 2.26. The van der Waals surface area contributed by atoms with Crippen LogP contribution in [0, 0.1) is 10.1 Å². The van der Waals surface area contributed by atoms with Crippen LogP contribution >= 0.6 is 0 Å². The van der Waals surface area contributed by atoms with Gasteiger partial charge in [0.2, 0.25) is 15.9 Å². The SMILES string of the molecule is C[C@@H]1C(=O)N(c2ccc([N+](=O)[O-])cc2)CCN1S(=O)(=O)c1ccccc1. The second-order valence-electron chi connectivity index (χ2n) is 5.87. The first-order valence-electron chi connectivity index (χ1n) is 7.95. The van der Waals surface area contributed by atoms with Gasteiger partial charge in [-0.3, -0.25) is 14.9 Å². The highest BCUT2D eigenvalue weighted by molar-refractivity contribution is 7.89. The number of non-ortho nitro benzene ring substituents is 1. The van der Waals surface area contributed by atoms with Crippen LogP contribution in [0.4, 0.5) is 11.4 Å². The minimum Gasteiger partial charge on any atom is -0.310 e. The molecule has 1 aliphatic rings. The van der Waals surface area contributed by atoms with Crippen LogP contribution in [0.1, 0.15) is 6.92 Å². The molecule has 26 heavy (non-hydrogen) atoms. The van der Waals surface area contributed by atoms with Gasteiger partial charge in [0.25, 0.3) is 5.69 Å². The quantitative estimate of drug-likeness (QED) is 0.601. The molecule has 1 saturated heterocycles. The summed E-state index contributed by atoms with van der Waals surface area (Å²) in [6.45, 7) is 1.86. The molecular formula is C17H17N3O5S. The van der Waals surface area contributed by atoms with Crippen LogP contribution in [0.3, 0.4) is 0 Å². The molecule has 0 radical (unpaired) electrons. The van der Waals surface area contributed by atoms with Crippen molar-refractivity contribution in [1.82, 2.24) is 4.31 Å². The first kappa shape index (κ1) is 18.0. The van der Waals surface area contributed by atoms with Crippen molar-refractivity contribution in [1.29, 1.82) is 0 Å². The van der Waals surface area contributed by atoms with Crippen molar-refractivity contribution in [2.75, 3.05) is 18.0 Å². The van der Waals surface area contributed by atoms with Crippen molar-refractivity contribution >= 4 is 27.3 Å². The minimum absolute atomic E-state index is 0.0699. The fourth-order valence-corrected chi connectivity index (χ4v) is 4.52. The molecule has 0 bridgehead atoms. The van der Waals surface area contributed by atoms with Gasteiger partial charge >= 0.3 is 0 Å². The lowest BCUT2D eigenvalue weighted by Gasteiger charge is -2.38. The Kier molecular flexibility index (Phi) is 4.75. The first-order valence-corrected chi connectivity index (χ1v) is 9.39. The highest BCUT2D eigenvalue weighted by atomic mass is 32.2. The monoisotopic (exact) mass is 375 g/mol. The number of hydrogen-bond acceptors (Lipinski definition) is 5. The number of hydrogen-bond donors (Lipinski definition) is 0. The summed E-state index contributed by atoms with van der Waals surface area (Å²) in [5.41, 5.74) is 0.434. The number of carbonyl (C=O) groups is 1. The summed E-state index contributed by atoms with van der Waals surface area (Å²) < 4.78 is 26.8. The third-order valence-electron chi connectivity index (χ3n) is 4.32. The molecule has 136 valence electrons. The summed E-state index contributed by atoms with van der Waals surface area (Å²) in [5.74, 6) is -0.371. The number of sulfonamides is 1. The smallest absolute Gasteiger partial charge is 0.269 e. The van der Waals surface area contributed by atoms with E-state index in [-0.39, 0.29) is 29.6 Å². The third kappa shape index (κ3) is 3.18. The van der Waals surface area contributed by atoms with E-state index in [0.717, 1.165) is 0 Å². The van der Waals surface area contributed by atoms with E-state index in [1.807, 2.05) is 0 Å². The van der Waals surface area contributed by atoms with Crippen molar-refractivity contribution in [2.45, 2.75) is 17.9 Å². The zero-order valence-electron chi connectivity index (χ0n) is 14.0. The molecule has 0 aromatic heterocycles. The van der Waals surface area contributed by atoms with E-state index in [4.69, 9.17) is 0 Å². The van der Waals surface area contributed by atoms with Gasteiger partial charge < -0.3 is 4.90 Å². The fourth-order valence-electron chi connectivity index (χ4n) is 2.92. The van der Waals surface area contributed by atoms with Crippen LogP contribution in [0.25, 0.3) is 0 Å². The summed E-state index contributed by atoms with van der Waals surface area (Å²) in [7, 11) is -3.77. The third-order valence-corrected chi connectivity index (χ3v) is 6.31. The normalized spacial score (nSPS) is 18.7. The Morgan fingerprint density at radius 2 is 1.65 bits per heavy atom. The van der Waals surface area contributed by atoms with E-state index < -0.39 is 21.0 Å². The lowest BCUT2D eigenvalue weighted by Crippen LogP contribution is -2.57. The van der Waals surface area contributed by atoms with Crippen molar-refractivity contribution < 1.29 is 18.1 Å². The number of rotatable bonds is 4. The molecule has 3 rings (SSSR count). The Bertz CT molecular complexity index is 929. The molecule has 9 heteroatoms. The van der Waals surface area contributed by atoms with Gasteiger partial charge in [0.1, 0.15) is 6.04 Å². The maximum absolute atomic E-state index is 12.8. The molecule has 0 N–H and O–H groups in total. The predicted octanol–water partition coefficient (Wildman–Crippen LogP) is 2.02. The van der Waals surface area contributed by atoms with Crippen LogP contribution in [-0.4, -0.2) is 42.7 Å². The van der Waals surface area contributed by atoms with Crippen LogP contribution < -0.4 is 4.90 Å². The summed E-state index contributed by atoms with van der Waals surface area (Å²) in [5, 5.41) is 10.7. The number of nitro benzene ring substituents is 1. The van der Waals surface area contributed by atoms with E-state index in [1.54, 1.807) is 25.1 Å². The molecule has 1 fully saturated rings. The van der Waals surface area contributed by atoms with E-state index >= 15 is 0 Å². The van der Waals surface area contributed by atoms with Crippen LogP contribution in [-0.2, 0) is 14.8 Å². The molecule has 8 nitrogen and oxygen atoms in total. The van der Waals surface area contributed by atoms with Crippen molar-refractivity contribution in [3.05, 3.63) is 64.7 Å². The van der Waals surface area contributed by atoms with E-state index in [1.165, 1.54) is 45.6 Å². The molecule has 1 heterocycles. The number of carbonyl (C=O) groups excluding carboxylic acids is 1. The Morgan fingerprint density at radius 1 is 1.04 bits per heavy atom. The van der Waals surface area contributed by atoms with Crippen molar-refractivity contribution in [2.24, 2.45) is 0 Å². The predicted molar refractivity (Wildman–Crippen MR) is 95.2 cm³/mol. The largest absolute Gasteiger partial charge is 0.310 e. The highest BCUT2D eigenvalue weighted by Gasteiger charge is 2.39. The van der Waals surface area contributed by atoms with Crippen molar-refractivity contribution in [3.8, 4) is 0 Å². The van der Waals surface area contributed by atoms with Gasteiger partial charge in [0, 0.05) is 30.9 Å². The number of anilines is 1. The molecule has 1 amide bonds. The van der Waals surface area contributed by atoms with Gasteiger partial charge in [0.05, 0.1) is 9.82 Å². The average Bonchev–Trinajstić information content (AvgIpc) is 2.64. The van der Waals surface area contributed by atoms with Gasteiger partial charge in [-0.25, -0.2) is 8.42 Å². The number of amides is 1. The summed E-state index contributed by atoms with van der Waals surface area (Å²) in [6.07, 6.45) is 0. The Hall–Kier alpha value is -2.78. The molecule has 0 saturated carbocycles. The van der Waals surface area contributed by atoms with Crippen LogP contribution in [0.15, 0.2) is 59.5 Å². The molecule has 0 unspecified atom stereocenters. The zero-order chi connectivity index (χ0) is 18.9. The van der Waals surface area contributed by atoms with Crippen molar-refractivity contribution in [3.63, 3.8) is 0 Å². The Balaban J connectivity index is 1.84. The minimum atomic E-state index is -3.77. The molecule has 2 aromatic rings. The Labute approximate surface area is 150 Å². The number of nitrogens with zero attached hydrogens (tertiary/aromatic N) is 3. The van der Waals surface area contributed by atoms with Gasteiger partial charge in [-0.05, 0) is 31.2 Å². The number of nitro groups is 1. The first-order chi connectivity index (χ1) is 12.3. The van der Waals surface area contributed by atoms with E-state index in [0.29, 0.717) is 5.69 Å². The maximum Gasteiger partial charge on any atom is 0.269 e. The average molecular weight is 375 g/mol. The molecular weight excluding hydrogens is 358 g/mol. The number of piperazine rings is 1. The van der Waals surface area contributed by atoms with Gasteiger partial charge in [0.15, 0.2) is 0 Å². The maximum atomic E-state index is 12.8. The molecule has 0 spiro atoms. The summed E-state index contributed by atoms with van der Waals surface area (Å²) in [4.78, 5) is 24.5. The second kappa shape index (κ2) is 6.85. The van der Waals surface area contributed by atoms with E-state index in [9.17, 15) is 23.3 Å². The summed E-state index contributed by atoms with van der Waals surface area (Å²) >= 11 is 0. The van der Waals surface area contributed by atoms with Gasteiger partial charge in [-0.2, -0.15) is 4.31 Å². The lowest BCUT2D eigenvalue weighted by atomic mass is 10.2. The molecule has 1 atom stereocenters. The van der Waals surface area contributed by atoms with Crippen LogP contribution in [0.2, 0.25) is 0 Å². The van der Waals surface area contributed by atoms with Crippen LogP contribution in [0.5, 0.6) is 0 Å².